The van der Waals surface area contributed by atoms with E-state index in [4.69, 9.17) is 0 Å². The average molecular weight is 240 g/mol. The van der Waals surface area contributed by atoms with Gasteiger partial charge in [0.1, 0.15) is 0 Å². The standard InChI is InChI=1S/C16H32O/c1-4-5-6-7-8-9-10-11-12-15(17)14-13-16(14,2)3/h14-15,17H,4-13H2,1-3H3. The smallest absolute Gasteiger partial charge is 0.0573 e. The highest BCUT2D eigenvalue weighted by Crippen LogP contribution is 2.54. The molecule has 1 aliphatic rings. The SMILES string of the molecule is CCCCCCCCCCC(O)C1CC1(C)C. The molecule has 0 spiro atoms. The summed E-state index contributed by atoms with van der Waals surface area (Å²) < 4.78 is 0. The van der Waals surface area contributed by atoms with Gasteiger partial charge in [0.2, 0.25) is 0 Å². The maximum Gasteiger partial charge on any atom is 0.0573 e. The minimum Gasteiger partial charge on any atom is -0.393 e. The van der Waals surface area contributed by atoms with Gasteiger partial charge in [-0.15, -0.1) is 0 Å². The first-order valence-electron chi connectivity index (χ1n) is 7.76. The molecule has 1 aliphatic carbocycles. The molecule has 1 fully saturated rings. The van der Waals surface area contributed by atoms with E-state index in [0.717, 1.165) is 6.42 Å². The molecule has 1 nitrogen and oxygen atoms in total. The Balaban J connectivity index is 1.84. The van der Waals surface area contributed by atoms with Gasteiger partial charge in [0.15, 0.2) is 0 Å². The van der Waals surface area contributed by atoms with Crippen LogP contribution in [0, 0.1) is 11.3 Å². The summed E-state index contributed by atoms with van der Waals surface area (Å²) in [5.74, 6) is 0.590. The lowest BCUT2D eigenvalue weighted by atomic mass is 10.00. The molecule has 102 valence electrons. The van der Waals surface area contributed by atoms with Crippen LogP contribution in [0.3, 0.4) is 0 Å². The zero-order valence-electron chi connectivity index (χ0n) is 12.2. The van der Waals surface area contributed by atoms with E-state index in [9.17, 15) is 5.11 Å². The van der Waals surface area contributed by atoms with Crippen molar-refractivity contribution < 1.29 is 5.11 Å². The Morgan fingerprint density at radius 2 is 1.47 bits per heavy atom. The fourth-order valence-electron chi connectivity index (χ4n) is 2.85. The molecule has 0 aromatic carbocycles. The molecule has 0 aromatic rings. The summed E-state index contributed by atoms with van der Waals surface area (Å²) in [6, 6.07) is 0. The topological polar surface area (TPSA) is 20.2 Å². The van der Waals surface area contributed by atoms with E-state index < -0.39 is 0 Å². The molecular formula is C16H32O. The van der Waals surface area contributed by atoms with Crippen molar-refractivity contribution in [1.82, 2.24) is 0 Å². The van der Waals surface area contributed by atoms with E-state index >= 15 is 0 Å². The summed E-state index contributed by atoms with van der Waals surface area (Å²) in [5.41, 5.74) is 0.430. The Morgan fingerprint density at radius 3 is 1.94 bits per heavy atom. The summed E-state index contributed by atoms with van der Waals surface area (Å²) >= 11 is 0. The van der Waals surface area contributed by atoms with Crippen LogP contribution in [0.2, 0.25) is 0 Å². The van der Waals surface area contributed by atoms with Gasteiger partial charge in [0.25, 0.3) is 0 Å². The number of hydrogen-bond donors (Lipinski definition) is 1. The number of aliphatic hydroxyl groups excluding tert-OH is 1. The minimum absolute atomic E-state index is 0.0231. The average Bonchev–Trinajstić information content (AvgIpc) is 2.91. The molecule has 1 heteroatoms. The molecule has 1 saturated carbocycles. The monoisotopic (exact) mass is 240 g/mol. The molecular weight excluding hydrogens is 208 g/mol. The van der Waals surface area contributed by atoms with E-state index in [1.54, 1.807) is 0 Å². The highest BCUT2D eigenvalue weighted by molar-refractivity contribution is 4.98. The van der Waals surface area contributed by atoms with Crippen molar-refractivity contribution in [3.05, 3.63) is 0 Å². The lowest BCUT2D eigenvalue weighted by Crippen LogP contribution is -2.12. The maximum atomic E-state index is 10.00. The van der Waals surface area contributed by atoms with Crippen molar-refractivity contribution >= 4 is 0 Å². The van der Waals surface area contributed by atoms with Crippen LogP contribution in [0.1, 0.15) is 85.0 Å². The van der Waals surface area contributed by atoms with E-state index in [1.807, 2.05) is 0 Å². The third kappa shape index (κ3) is 5.90. The first kappa shape index (κ1) is 15.0. The molecule has 1 N–H and O–H groups in total. The Bertz CT molecular complexity index is 198. The molecule has 1 rings (SSSR count). The number of rotatable bonds is 10. The van der Waals surface area contributed by atoms with Gasteiger partial charge in [-0.05, 0) is 24.2 Å². The van der Waals surface area contributed by atoms with Crippen molar-refractivity contribution in [2.75, 3.05) is 0 Å². The Morgan fingerprint density at radius 1 is 1.00 bits per heavy atom. The van der Waals surface area contributed by atoms with Crippen LogP contribution in [-0.2, 0) is 0 Å². The Kier molecular flexibility index (Phi) is 6.54. The van der Waals surface area contributed by atoms with Crippen molar-refractivity contribution in [1.29, 1.82) is 0 Å². The number of aliphatic hydroxyl groups is 1. The van der Waals surface area contributed by atoms with Gasteiger partial charge in [-0.25, -0.2) is 0 Å². The third-order valence-electron chi connectivity index (χ3n) is 4.41. The summed E-state index contributed by atoms with van der Waals surface area (Å²) in [4.78, 5) is 0. The van der Waals surface area contributed by atoms with Gasteiger partial charge in [-0.2, -0.15) is 0 Å². The molecule has 0 amide bonds. The lowest BCUT2D eigenvalue weighted by Gasteiger charge is -2.12. The molecule has 0 bridgehead atoms. The maximum absolute atomic E-state index is 10.00. The van der Waals surface area contributed by atoms with Gasteiger partial charge in [0.05, 0.1) is 6.10 Å². The molecule has 2 atom stereocenters. The normalized spacial score (nSPS) is 23.6. The second-order valence-electron chi connectivity index (χ2n) is 6.63. The predicted octanol–water partition coefficient (Wildman–Crippen LogP) is 4.92. The van der Waals surface area contributed by atoms with Crippen LogP contribution in [0.15, 0.2) is 0 Å². The largest absolute Gasteiger partial charge is 0.393 e. The lowest BCUT2D eigenvalue weighted by molar-refractivity contribution is 0.124. The van der Waals surface area contributed by atoms with Crippen LogP contribution in [0.4, 0.5) is 0 Å². The minimum atomic E-state index is -0.0231. The van der Waals surface area contributed by atoms with Crippen LogP contribution in [0.5, 0.6) is 0 Å². The van der Waals surface area contributed by atoms with Crippen molar-refractivity contribution in [2.45, 2.75) is 91.1 Å². The fraction of sp³-hybridized carbons (Fsp3) is 1.00. The summed E-state index contributed by atoms with van der Waals surface area (Å²) in [6.07, 6.45) is 13.1. The molecule has 0 aromatic heterocycles. The quantitative estimate of drug-likeness (QED) is 0.537. The van der Waals surface area contributed by atoms with E-state index in [1.165, 1.54) is 57.8 Å². The van der Waals surface area contributed by atoms with Crippen molar-refractivity contribution in [2.24, 2.45) is 11.3 Å². The predicted molar refractivity (Wildman–Crippen MR) is 75.1 cm³/mol. The second-order valence-corrected chi connectivity index (χ2v) is 6.63. The first-order valence-corrected chi connectivity index (χ1v) is 7.76. The van der Waals surface area contributed by atoms with E-state index in [0.29, 0.717) is 11.3 Å². The zero-order chi connectivity index (χ0) is 12.7. The fourth-order valence-corrected chi connectivity index (χ4v) is 2.85. The number of hydrogen-bond acceptors (Lipinski definition) is 1. The summed E-state index contributed by atoms with van der Waals surface area (Å²) in [7, 11) is 0. The highest BCUT2D eigenvalue weighted by atomic mass is 16.3. The summed E-state index contributed by atoms with van der Waals surface area (Å²) in [5, 5.41) is 10.00. The van der Waals surface area contributed by atoms with Crippen LogP contribution in [-0.4, -0.2) is 11.2 Å². The zero-order valence-corrected chi connectivity index (χ0v) is 12.2. The third-order valence-corrected chi connectivity index (χ3v) is 4.41. The van der Waals surface area contributed by atoms with Gasteiger partial charge < -0.3 is 5.11 Å². The molecule has 0 radical (unpaired) electrons. The van der Waals surface area contributed by atoms with Crippen LogP contribution < -0.4 is 0 Å². The molecule has 0 heterocycles. The van der Waals surface area contributed by atoms with Crippen LogP contribution in [0.25, 0.3) is 0 Å². The van der Waals surface area contributed by atoms with E-state index in [-0.39, 0.29) is 6.10 Å². The molecule has 2 unspecified atom stereocenters. The summed E-state index contributed by atoms with van der Waals surface area (Å²) in [6.45, 7) is 6.81. The number of unbranched alkanes of at least 4 members (excludes halogenated alkanes) is 7. The van der Waals surface area contributed by atoms with Crippen molar-refractivity contribution in [3.63, 3.8) is 0 Å². The first-order chi connectivity index (χ1) is 8.08. The van der Waals surface area contributed by atoms with Gasteiger partial charge >= 0.3 is 0 Å². The highest BCUT2D eigenvalue weighted by Gasteiger charge is 2.49. The second kappa shape index (κ2) is 7.41. The molecule has 17 heavy (non-hydrogen) atoms. The van der Waals surface area contributed by atoms with Crippen molar-refractivity contribution in [3.8, 4) is 0 Å². The van der Waals surface area contributed by atoms with E-state index in [2.05, 4.69) is 20.8 Å². The van der Waals surface area contributed by atoms with Gasteiger partial charge in [-0.1, -0.05) is 72.1 Å². The van der Waals surface area contributed by atoms with Crippen LogP contribution >= 0.6 is 0 Å². The molecule has 0 aliphatic heterocycles. The molecule has 0 saturated heterocycles. The van der Waals surface area contributed by atoms with Gasteiger partial charge in [-0.3, -0.25) is 0 Å². The Hall–Kier alpha value is -0.0400. The van der Waals surface area contributed by atoms with Gasteiger partial charge in [0, 0.05) is 0 Å². The Labute approximate surface area is 108 Å².